The monoisotopic (exact) mass is 1920 g/mol. The predicted octanol–water partition coefficient (Wildman–Crippen LogP) is 33.3. The molecule has 10 heteroatoms. The molecule has 4 aliphatic heterocycles. The second kappa shape index (κ2) is 33.9. The van der Waals surface area contributed by atoms with Gasteiger partial charge in [0.2, 0.25) is 0 Å². The number of amidine groups is 1. The van der Waals surface area contributed by atoms with E-state index in [-0.39, 0.29) is 17.8 Å². The molecule has 0 N–H and O–H groups in total. The molecule has 0 saturated carbocycles. The van der Waals surface area contributed by atoms with Crippen molar-refractivity contribution in [3.05, 3.63) is 591 Å². The van der Waals surface area contributed by atoms with E-state index >= 15 is 0 Å². The number of benzene rings is 18. The summed E-state index contributed by atoms with van der Waals surface area (Å²) >= 11 is 0. The molecule has 5 aliphatic carbocycles. The second-order valence-electron chi connectivity index (χ2n) is 41.0. The maximum absolute atomic E-state index is 7.54. The smallest absolute Gasteiger partial charge is 0.164 e. The van der Waals surface area contributed by atoms with E-state index in [1.165, 1.54) is 72.3 Å². The van der Waals surface area contributed by atoms with Crippen molar-refractivity contribution in [3.8, 4) is 147 Å². The highest BCUT2D eigenvalue weighted by atomic mass is 16.5. The van der Waals surface area contributed by atoms with E-state index < -0.39 is 21.8 Å². The van der Waals surface area contributed by atoms with Gasteiger partial charge >= 0.3 is 0 Å². The van der Waals surface area contributed by atoms with Crippen LogP contribution in [0.15, 0.2) is 489 Å². The molecule has 706 valence electrons. The lowest BCUT2D eigenvalue weighted by Gasteiger charge is -2.40. The molecule has 150 heavy (non-hydrogen) atoms. The fraction of sp³-hybridized carbons (Fsp3) is 0.0786. The van der Waals surface area contributed by atoms with Gasteiger partial charge in [0, 0.05) is 74.5 Å². The topological polar surface area (TPSA) is 117 Å². The molecule has 10 nitrogen and oxygen atoms in total. The van der Waals surface area contributed by atoms with Crippen LogP contribution in [-0.2, 0) is 21.8 Å². The average molecular weight is 1920 g/mol. The van der Waals surface area contributed by atoms with Gasteiger partial charge in [-0.25, -0.2) is 24.9 Å². The quantitative estimate of drug-likeness (QED) is 0.112. The SMILES string of the molecule is CC1c2cccc(-c3cc(-c4ccccc4)nc(-c4cccc5c4Oc4ccccc4C54c5ccccc5-c5cc(-c6ccccc6-c6ccc(-c7cc(C8=CCC(c9ccccc9)C=C8)nc(-c8cccc9c8Oc8ccccc8C98c9ccccc9-c9ccccc98)n7)cc6)ccc54)n3)c2C=CC1c1cccc2c1-c1ccccc1C21c2ccccc2Oc2c(C3=NC(C)(c4ccccn4)CC(c4ccccc4)=N3)cccc21. The van der Waals surface area contributed by atoms with Gasteiger partial charge in [-0.2, -0.15) is 0 Å². The second-order valence-corrected chi connectivity index (χ2v) is 41.0. The van der Waals surface area contributed by atoms with Crippen LogP contribution in [0.2, 0.25) is 0 Å². The molecule has 18 aromatic carbocycles. The Kier molecular flexibility index (Phi) is 19.6. The summed E-state index contributed by atoms with van der Waals surface area (Å²) in [5.74, 6) is 6.57. The highest BCUT2D eigenvalue weighted by Gasteiger charge is 2.57. The highest BCUT2D eigenvalue weighted by molar-refractivity contribution is 6.16. The third-order valence-corrected chi connectivity index (χ3v) is 33.2. The Morgan fingerprint density at radius 1 is 0.293 bits per heavy atom. The lowest BCUT2D eigenvalue weighted by molar-refractivity contribution is 0.434. The van der Waals surface area contributed by atoms with E-state index in [9.17, 15) is 0 Å². The van der Waals surface area contributed by atoms with Gasteiger partial charge in [0.15, 0.2) is 17.5 Å². The number of ether oxygens (including phenoxy) is 3. The third kappa shape index (κ3) is 12.9. The van der Waals surface area contributed by atoms with Crippen molar-refractivity contribution in [2.75, 3.05) is 0 Å². The summed E-state index contributed by atoms with van der Waals surface area (Å²) in [5, 5.41) is 0. The van der Waals surface area contributed by atoms with Crippen molar-refractivity contribution in [2.45, 2.75) is 66.2 Å². The lowest BCUT2D eigenvalue weighted by atomic mass is 9.65. The number of hydrogen-bond acceptors (Lipinski definition) is 10. The summed E-state index contributed by atoms with van der Waals surface area (Å²) in [6.45, 7) is 4.58. The van der Waals surface area contributed by atoms with Gasteiger partial charge in [0.25, 0.3) is 0 Å². The Morgan fingerprint density at radius 3 is 1.30 bits per heavy atom. The van der Waals surface area contributed by atoms with Gasteiger partial charge in [-0.1, -0.05) is 419 Å². The molecule has 0 fully saturated rings. The summed E-state index contributed by atoms with van der Waals surface area (Å²) in [6, 6.07) is 162. The van der Waals surface area contributed by atoms with Crippen molar-refractivity contribution in [2.24, 2.45) is 9.98 Å². The van der Waals surface area contributed by atoms with Crippen LogP contribution in [0.5, 0.6) is 34.5 Å². The minimum absolute atomic E-state index is 0.0200. The number of fused-ring (bicyclic) bond motifs is 28. The van der Waals surface area contributed by atoms with Crippen molar-refractivity contribution in [1.29, 1.82) is 0 Å². The van der Waals surface area contributed by atoms with Crippen molar-refractivity contribution >= 4 is 23.2 Å². The molecular formula is C140H93N7O3. The molecule has 0 radical (unpaired) electrons. The van der Waals surface area contributed by atoms with E-state index in [4.69, 9.17) is 49.1 Å². The molecule has 7 heterocycles. The van der Waals surface area contributed by atoms with Crippen LogP contribution in [0.25, 0.3) is 124 Å². The molecule has 9 aliphatic rings. The summed E-state index contributed by atoms with van der Waals surface area (Å²) in [7, 11) is 0. The number of nitrogens with zero attached hydrogens (tertiary/aromatic N) is 7. The third-order valence-electron chi connectivity index (χ3n) is 33.2. The maximum Gasteiger partial charge on any atom is 0.164 e. The van der Waals surface area contributed by atoms with E-state index in [0.717, 1.165) is 186 Å². The zero-order valence-electron chi connectivity index (χ0n) is 82.2. The summed E-state index contributed by atoms with van der Waals surface area (Å²) in [5.41, 5.74) is 39.7. The lowest BCUT2D eigenvalue weighted by Crippen LogP contribution is -2.34. The first-order valence-electron chi connectivity index (χ1n) is 52.0. The Balaban J connectivity index is 0.506. The highest BCUT2D eigenvalue weighted by Crippen LogP contribution is 2.69. The van der Waals surface area contributed by atoms with Crippen LogP contribution in [-0.4, -0.2) is 36.5 Å². The van der Waals surface area contributed by atoms with Crippen molar-refractivity contribution < 1.29 is 14.2 Å². The number of allylic oxidation sites excluding steroid dienone is 5. The summed E-state index contributed by atoms with van der Waals surface area (Å²) in [4.78, 5) is 38.8. The predicted molar refractivity (Wildman–Crippen MR) is 601 cm³/mol. The van der Waals surface area contributed by atoms with Gasteiger partial charge < -0.3 is 14.2 Å². The van der Waals surface area contributed by atoms with Gasteiger partial charge in [-0.05, 0) is 208 Å². The number of aromatic nitrogens is 5. The van der Waals surface area contributed by atoms with Gasteiger partial charge in [0.1, 0.15) is 40.0 Å². The minimum Gasteiger partial charge on any atom is -0.456 e. The zero-order valence-corrected chi connectivity index (χ0v) is 82.2. The maximum atomic E-state index is 7.54. The standard InChI is InChI=1S/C140H93N7O3/c1-85-94-47-30-48-102(98(94)78-77-95(85)103-49-31-60-117-130(103)104-46-17-21-56-112(104)140(117)116-59-24-27-66-128(116)150-133-107(52-34-63-120(133)140)136-146-125(90-39-10-5-11-40-90)84-137(2,147-136)129-67-28-29-80-141-129)124-83-123(89-37-8-4-9-38-89)144-135(145-124)106-51-33-62-119-132(106)149-127-65-26-23-58-115(127)139(119)111-55-20-16-45-101(111)108-81-93(76-79-113(108)139)97-42-13-12-41-96(97)88-70-74-92(75-71-88)122-82-121(91-72-68-87(69-73-91)86-35-6-3-7-36-86)142-134(143-122)105-50-32-61-118-131(105)148-126-64-25-22-57-114(126)138(118)109-53-18-14-43-99(109)100-44-15-19-54-110(100)138/h3-68,70-83,85,87,95H,69,84H2,1-2H3. The zero-order chi connectivity index (χ0) is 99.1. The number of para-hydroxylation sites is 6. The molecule has 6 unspecified atom stereocenters. The Bertz CT molecular complexity index is 9390. The molecule has 30 rings (SSSR count). The largest absolute Gasteiger partial charge is 0.456 e. The number of hydrogen-bond donors (Lipinski definition) is 0. The summed E-state index contributed by atoms with van der Waals surface area (Å²) < 4.78 is 22.2. The molecule has 6 atom stereocenters. The Labute approximate surface area is 870 Å². The average Bonchev–Trinajstić information content (AvgIpc) is 1.51. The van der Waals surface area contributed by atoms with E-state index in [1.54, 1.807) is 0 Å². The van der Waals surface area contributed by atoms with Crippen LogP contribution in [0.3, 0.4) is 0 Å². The first kappa shape index (κ1) is 86.7. The Morgan fingerprint density at radius 2 is 0.713 bits per heavy atom. The van der Waals surface area contributed by atoms with Crippen molar-refractivity contribution in [3.63, 3.8) is 0 Å². The molecule has 21 aromatic rings. The van der Waals surface area contributed by atoms with Crippen LogP contribution in [0, 0.1) is 0 Å². The van der Waals surface area contributed by atoms with Gasteiger partial charge in [-0.15, -0.1) is 0 Å². The van der Waals surface area contributed by atoms with Gasteiger partial charge in [0.05, 0.1) is 67.1 Å². The molecule has 0 saturated heterocycles. The van der Waals surface area contributed by atoms with E-state index in [0.29, 0.717) is 29.7 Å². The fourth-order valence-electron chi connectivity index (χ4n) is 26.5. The molecule has 0 bridgehead atoms. The Hall–Kier alpha value is -18.8. The molecule has 3 aromatic heterocycles. The van der Waals surface area contributed by atoms with E-state index in [2.05, 4.69) is 481 Å². The van der Waals surface area contributed by atoms with Crippen molar-refractivity contribution in [1.82, 2.24) is 24.9 Å². The van der Waals surface area contributed by atoms with E-state index in [1.807, 2.05) is 18.3 Å². The minimum atomic E-state index is -0.831. The van der Waals surface area contributed by atoms with Gasteiger partial charge in [-0.3, -0.25) is 9.98 Å². The number of rotatable bonds is 13. The number of pyridine rings is 1. The molecule has 0 amide bonds. The molecule has 3 spiro atoms. The normalized spacial score (nSPS) is 18.6. The van der Waals surface area contributed by atoms with Crippen LogP contribution < -0.4 is 14.2 Å². The van der Waals surface area contributed by atoms with Crippen LogP contribution >= 0.6 is 0 Å². The summed E-state index contributed by atoms with van der Waals surface area (Å²) in [6.07, 6.45) is 15.0. The first-order valence-corrected chi connectivity index (χ1v) is 52.0. The van der Waals surface area contributed by atoms with Crippen LogP contribution in [0.1, 0.15) is 156 Å². The fourth-order valence-corrected chi connectivity index (χ4v) is 26.5. The molecular weight excluding hydrogens is 1830 g/mol. The number of aliphatic imine (C=N–C) groups is 2. The van der Waals surface area contributed by atoms with Crippen LogP contribution in [0.4, 0.5) is 0 Å². The first-order chi connectivity index (χ1) is 74.1.